The number of aryl methyl sites for hydroxylation is 1. The quantitative estimate of drug-likeness (QED) is 0.569. The van der Waals surface area contributed by atoms with Gasteiger partial charge in [-0.3, -0.25) is 4.79 Å². The smallest absolute Gasteiger partial charge is 0.333 e. The first kappa shape index (κ1) is 20.8. The molecule has 31 heavy (non-hydrogen) atoms. The largest absolute Gasteiger partial charge is 0.478 e. The average molecular weight is 417 g/mol. The second-order valence-electron chi connectivity index (χ2n) is 7.99. The summed E-state index contributed by atoms with van der Waals surface area (Å²) in [5.41, 5.74) is 2.54. The first-order chi connectivity index (χ1) is 15.0. The van der Waals surface area contributed by atoms with Gasteiger partial charge in [0.05, 0.1) is 5.57 Å². The van der Waals surface area contributed by atoms with E-state index in [1.807, 2.05) is 42.5 Å². The van der Waals surface area contributed by atoms with E-state index in [0.29, 0.717) is 25.0 Å². The van der Waals surface area contributed by atoms with Crippen LogP contribution in [0.5, 0.6) is 0 Å². The fraction of sp³-hybridized carbons (Fsp3) is 0.231. The Balaban J connectivity index is 1.42. The van der Waals surface area contributed by atoms with Crippen LogP contribution in [0.4, 0.5) is 4.39 Å². The fourth-order valence-corrected chi connectivity index (χ4v) is 4.22. The molecule has 3 aromatic rings. The molecule has 0 heterocycles. The number of nitrogens with one attached hydrogen (secondary N) is 1. The van der Waals surface area contributed by atoms with Crippen LogP contribution in [-0.2, 0) is 16.0 Å². The molecule has 2 N–H and O–H groups in total. The number of allylic oxidation sites excluding steroid dienone is 1. The van der Waals surface area contributed by atoms with Crippen LogP contribution < -0.4 is 5.32 Å². The SMILES string of the molecule is O=C(CCc1ccc2ccccc2c1)NC1=C(C(=O)O)CC(c2cccc(F)c2)CC1. The number of carboxylic acid groups (broad SMARTS) is 1. The van der Waals surface area contributed by atoms with Crippen molar-refractivity contribution in [2.24, 2.45) is 0 Å². The minimum atomic E-state index is -1.04. The Morgan fingerprint density at radius 2 is 1.81 bits per heavy atom. The highest BCUT2D eigenvalue weighted by atomic mass is 19.1. The molecule has 1 aliphatic carbocycles. The van der Waals surface area contributed by atoms with Crippen molar-refractivity contribution in [1.82, 2.24) is 5.32 Å². The molecule has 3 aromatic carbocycles. The molecule has 4 rings (SSSR count). The summed E-state index contributed by atoms with van der Waals surface area (Å²) in [5.74, 6) is -1.62. The Labute approximate surface area is 180 Å². The number of benzene rings is 3. The average Bonchev–Trinajstić information content (AvgIpc) is 2.77. The van der Waals surface area contributed by atoms with Crippen LogP contribution in [0.2, 0.25) is 0 Å². The summed E-state index contributed by atoms with van der Waals surface area (Å²) in [5, 5.41) is 14.8. The standard InChI is InChI=1S/C26H24FNO3/c27-22-7-3-6-20(15-22)21-11-12-24(23(16-21)26(30)31)28-25(29)13-9-17-8-10-18-4-1-2-5-19(18)14-17/h1-8,10,14-15,21H,9,11-13,16H2,(H,28,29)(H,30,31). The van der Waals surface area contributed by atoms with Gasteiger partial charge in [-0.1, -0.05) is 54.6 Å². The normalized spacial score (nSPS) is 16.4. The topological polar surface area (TPSA) is 66.4 Å². The van der Waals surface area contributed by atoms with E-state index in [4.69, 9.17) is 0 Å². The van der Waals surface area contributed by atoms with E-state index in [9.17, 15) is 19.1 Å². The molecule has 0 fully saturated rings. The molecule has 0 aromatic heterocycles. The molecular weight excluding hydrogens is 393 g/mol. The van der Waals surface area contributed by atoms with E-state index < -0.39 is 5.97 Å². The number of carboxylic acids is 1. The number of hydrogen-bond acceptors (Lipinski definition) is 2. The summed E-state index contributed by atoms with van der Waals surface area (Å²) in [7, 11) is 0. The fourth-order valence-electron chi connectivity index (χ4n) is 4.22. The summed E-state index contributed by atoms with van der Waals surface area (Å²) in [6, 6.07) is 20.5. The van der Waals surface area contributed by atoms with Crippen molar-refractivity contribution in [3.8, 4) is 0 Å². The van der Waals surface area contributed by atoms with E-state index in [1.54, 1.807) is 6.07 Å². The monoisotopic (exact) mass is 417 g/mol. The van der Waals surface area contributed by atoms with Crippen molar-refractivity contribution < 1.29 is 19.1 Å². The number of carbonyl (C=O) groups excluding carboxylic acids is 1. The zero-order valence-electron chi connectivity index (χ0n) is 17.1. The number of rotatable bonds is 6. The van der Waals surface area contributed by atoms with Crippen molar-refractivity contribution in [3.63, 3.8) is 0 Å². The number of amides is 1. The van der Waals surface area contributed by atoms with Gasteiger partial charge in [0.25, 0.3) is 0 Å². The molecule has 0 aliphatic heterocycles. The lowest BCUT2D eigenvalue weighted by Gasteiger charge is -2.26. The summed E-state index contributed by atoms with van der Waals surface area (Å²) < 4.78 is 13.6. The van der Waals surface area contributed by atoms with Gasteiger partial charge in [-0.25, -0.2) is 9.18 Å². The molecule has 5 heteroatoms. The molecule has 0 radical (unpaired) electrons. The zero-order chi connectivity index (χ0) is 21.8. The minimum absolute atomic E-state index is 0.0694. The highest BCUT2D eigenvalue weighted by molar-refractivity contribution is 5.90. The third kappa shape index (κ3) is 5.00. The Morgan fingerprint density at radius 3 is 2.58 bits per heavy atom. The van der Waals surface area contributed by atoms with Crippen LogP contribution in [0.3, 0.4) is 0 Å². The molecule has 0 saturated heterocycles. The van der Waals surface area contributed by atoms with E-state index in [1.165, 1.54) is 12.1 Å². The molecule has 0 bridgehead atoms. The van der Waals surface area contributed by atoms with Gasteiger partial charge in [0.15, 0.2) is 0 Å². The zero-order valence-corrected chi connectivity index (χ0v) is 17.1. The lowest BCUT2D eigenvalue weighted by atomic mass is 9.82. The number of fused-ring (bicyclic) bond motifs is 1. The van der Waals surface area contributed by atoms with Crippen LogP contribution >= 0.6 is 0 Å². The van der Waals surface area contributed by atoms with E-state index in [0.717, 1.165) is 21.9 Å². The number of halogens is 1. The summed E-state index contributed by atoms with van der Waals surface area (Å²) in [4.78, 5) is 24.3. The van der Waals surface area contributed by atoms with E-state index in [-0.39, 0.29) is 36.1 Å². The van der Waals surface area contributed by atoms with Crippen molar-refractivity contribution in [1.29, 1.82) is 0 Å². The van der Waals surface area contributed by atoms with E-state index in [2.05, 4.69) is 11.4 Å². The molecule has 1 atom stereocenters. The maximum Gasteiger partial charge on any atom is 0.333 e. The van der Waals surface area contributed by atoms with Crippen LogP contribution in [0.25, 0.3) is 10.8 Å². The third-order valence-corrected chi connectivity index (χ3v) is 5.88. The van der Waals surface area contributed by atoms with Gasteiger partial charge in [0, 0.05) is 12.1 Å². The Bertz CT molecular complexity index is 1170. The second kappa shape index (κ2) is 9.13. The maximum absolute atomic E-state index is 13.6. The van der Waals surface area contributed by atoms with Gasteiger partial charge in [-0.15, -0.1) is 0 Å². The Morgan fingerprint density at radius 1 is 1.00 bits per heavy atom. The van der Waals surface area contributed by atoms with E-state index >= 15 is 0 Å². The second-order valence-corrected chi connectivity index (χ2v) is 7.99. The van der Waals surface area contributed by atoms with Gasteiger partial charge < -0.3 is 10.4 Å². The Hall–Kier alpha value is -3.47. The summed E-state index contributed by atoms with van der Waals surface area (Å²) in [6.45, 7) is 0. The first-order valence-electron chi connectivity index (χ1n) is 10.5. The predicted molar refractivity (Wildman–Crippen MR) is 118 cm³/mol. The summed E-state index contributed by atoms with van der Waals surface area (Å²) in [6.07, 6.45) is 2.25. The van der Waals surface area contributed by atoms with Gasteiger partial charge in [-0.2, -0.15) is 0 Å². The molecule has 158 valence electrons. The number of hydrogen-bond donors (Lipinski definition) is 2. The van der Waals surface area contributed by atoms with Crippen molar-refractivity contribution in [3.05, 3.63) is 94.9 Å². The molecular formula is C26H24FNO3. The predicted octanol–water partition coefficient (Wildman–Crippen LogP) is 5.33. The van der Waals surface area contributed by atoms with Crippen molar-refractivity contribution in [2.45, 2.75) is 38.0 Å². The molecule has 1 amide bonds. The molecule has 1 unspecified atom stereocenters. The van der Waals surface area contributed by atoms with Crippen molar-refractivity contribution >= 4 is 22.6 Å². The van der Waals surface area contributed by atoms with Gasteiger partial charge in [-0.05, 0) is 65.6 Å². The molecule has 4 nitrogen and oxygen atoms in total. The first-order valence-corrected chi connectivity index (χ1v) is 10.5. The number of aliphatic carboxylic acids is 1. The highest BCUT2D eigenvalue weighted by Gasteiger charge is 2.27. The molecule has 0 saturated carbocycles. The molecule has 1 aliphatic rings. The molecule has 0 spiro atoms. The van der Waals surface area contributed by atoms with Crippen LogP contribution in [-0.4, -0.2) is 17.0 Å². The van der Waals surface area contributed by atoms with Crippen LogP contribution in [0, 0.1) is 5.82 Å². The van der Waals surface area contributed by atoms with Gasteiger partial charge in [0.1, 0.15) is 5.82 Å². The lowest BCUT2D eigenvalue weighted by molar-refractivity contribution is -0.133. The van der Waals surface area contributed by atoms with Crippen LogP contribution in [0.1, 0.15) is 42.7 Å². The van der Waals surface area contributed by atoms with Gasteiger partial charge in [0.2, 0.25) is 5.91 Å². The van der Waals surface area contributed by atoms with Crippen molar-refractivity contribution in [2.75, 3.05) is 0 Å². The summed E-state index contributed by atoms with van der Waals surface area (Å²) >= 11 is 0. The third-order valence-electron chi connectivity index (χ3n) is 5.88. The van der Waals surface area contributed by atoms with Gasteiger partial charge >= 0.3 is 5.97 Å². The number of carbonyl (C=O) groups is 2. The maximum atomic E-state index is 13.6. The minimum Gasteiger partial charge on any atom is -0.478 e. The lowest BCUT2D eigenvalue weighted by Crippen LogP contribution is -2.29. The Kier molecular flexibility index (Phi) is 6.12. The van der Waals surface area contributed by atoms with Crippen LogP contribution in [0.15, 0.2) is 78.0 Å². The highest BCUT2D eigenvalue weighted by Crippen LogP contribution is 2.36.